The van der Waals surface area contributed by atoms with Gasteiger partial charge in [-0.2, -0.15) is 0 Å². The molecule has 0 bridgehead atoms. The standard InChI is InChI=1S/C19H15F3N2O3/c1-26-14-7-3-2-6-13(14)24-10-9-12-17(24)11-5-4-8-15(27-19(20,21)22)16(11)23-18(12)25/h2-8H,9-10H2,1H3,(H,23,25). The van der Waals surface area contributed by atoms with Gasteiger partial charge in [0.2, 0.25) is 0 Å². The van der Waals surface area contributed by atoms with Crippen LogP contribution in [0.3, 0.4) is 0 Å². The number of anilines is 2. The Hall–Kier alpha value is -3.16. The van der Waals surface area contributed by atoms with E-state index in [9.17, 15) is 18.0 Å². The molecule has 0 atom stereocenters. The molecule has 1 aromatic heterocycles. The Labute approximate surface area is 151 Å². The van der Waals surface area contributed by atoms with E-state index < -0.39 is 17.7 Å². The van der Waals surface area contributed by atoms with Crippen molar-refractivity contribution in [1.82, 2.24) is 4.98 Å². The van der Waals surface area contributed by atoms with Crippen molar-refractivity contribution in [2.75, 3.05) is 18.6 Å². The van der Waals surface area contributed by atoms with Gasteiger partial charge in [0.15, 0.2) is 5.75 Å². The van der Waals surface area contributed by atoms with E-state index >= 15 is 0 Å². The highest BCUT2D eigenvalue weighted by molar-refractivity contribution is 5.99. The normalized spacial score (nSPS) is 13.7. The summed E-state index contributed by atoms with van der Waals surface area (Å²) in [6.45, 7) is 0.516. The minimum atomic E-state index is -4.85. The highest BCUT2D eigenvalue weighted by Crippen LogP contribution is 2.43. The first-order chi connectivity index (χ1) is 12.9. The largest absolute Gasteiger partial charge is 0.573 e. The van der Waals surface area contributed by atoms with E-state index in [1.54, 1.807) is 19.2 Å². The van der Waals surface area contributed by atoms with Crippen LogP contribution in [0.15, 0.2) is 47.3 Å². The van der Waals surface area contributed by atoms with Gasteiger partial charge in [0.05, 0.1) is 24.0 Å². The Morgan fingerprint density at radius 2 is 1.81 bits per heavy atom. The summed E-state index contributed by atoms with van der Waals surface area (Å²) in [6.07, 6.45) is -4.38. The van der Waals surface area contributed by atoms with E-state index in [4.69, 9.17) is 4.74 Å². The number of hydrogen-bond donors (Lipinski definition) is 1. The second-order valence-electron chi connectivity index (χ2n) is 6.08. The molecule has 0 aliphatic carbocycles. The number of nitrogens with one attached hydrogen (secondary N) is 1. The summed E-state index contributed by atoms with van der Waals surface area (Å²) >= 11 is 0. The van der Waals surface area contributed by atoms with Crippen LogP contribution in [-0.4, -0.2) is 25.0 Å². The zero-order chi connectivity index (χ0) is 19.2. The predicted molar refractivity (Wildman–Crippen MR) is 95.0 cm³/mol. The highest BCUT2D eigenvalue weighted by Gasteiger charge is 2.33. The topological polar surface area (TPSA) is 54.6 Å². The van der Waals surface area contributed by atoms with E-state index in [0.29, 0.717) is 35.4 Å². The minimum absolute atomic E-state index is 0.0142. The molecule has 0 unspecified atom stereocenters. The van der Waals surface area contributed by atoms with E-state index in [-0.39, 0.29) is 5.52 Å². The van der Waals surface area contributed by atoms with Crippen LogP contribution in [-0.2, 0) is 6.42 Å². The maximum Gasteiger partial charge on any atom is 0.573 e. The zero-order valence-corrected chi connectivity index (χ0v) is 14.3. The van der Waals surface area contributed by atoms with Gasteiger partial charge in [0.1, 0.15) is 5.75 Å². The van der Waals surface area contributed by atoms with Crippen molar-refractivity contribution in [2.24, 2.45) is 0 Å². The quantitative estimate of drug-likeness (QED) is 0.747. The molecule has 1 N–H and O–H groups in total. The molecule has 0 saturated heterocycles. The third-order valence-corrected chi connectivity index (χ3v) is 4.54. The molecule has 0 amide bonds. The summed E-state index contributed by atoms with van der Waals surface area (Å²) in [5.74, 6) is 0.174. The van der Waals surface area contributed by atoms with Crippen LogP contribution >= 0.6 is 0 Å². The summed E-state index contributed by atoms with van der Waals surface area (Å²) in [5, 5.41) is 0.481. The molecule has 8 heteroatoms. The second-order valence-corrected chi connectivity index (χ2v) is 6.08. The number of fused-ring (bicyclic) bond motifs is 3. The van der Waals surface area contributed by atoms with Gasteiger partial charge in [0.25, 0.3) is 5.56 Å². The van der Waals surface area contributed by atoms with E-state index in [2.05, 4.69) is 9.72 Å². The first kappa shape index (κ1) is 17.3. The van der Waals surface area contributed by atoms with Gasteiger partial charge in [-0.05, 0) is 24.6 Å². The first-order valence-electron chi connectivity index (χ1n) is 8.23. The number of benzene rings is 2. The molecule has 0 spiro atoms. The molecular weight excluding hydrogens is 361 g/mol. The number of ether oxygens (including phenoxy) is 2. The van der Waals surface area contributed by atoms with Crippen molar-refractivity contribution in [3.8, 4) is 11.5 Å². The number of methoxy groups -OCH3 is 1. The molecule has 27 heavy (non-hydrogen) atoms. The Bertz CT molecular complexity index is 1080. The van der Waals surface area contributed by atoms with Gasteiger partial charge in [-0.1, -0.05) is 24.3 Å². The average Bonchev–Trinajstić information content (AvgIpc) is 3.07. The molecule has 0 radical (unpaired) electrons. The molecule has 0 saturated carbocycles. The third-order valence-electron chi connectivity index (χ3n) is 4.54. The summed E-state index contributed by atoms with van der Waals surface area (Å²) < 4.78 is 47.7. The number of para-hydroxylation sites is 3. The fourth-order valence-electron chi connectivity index (χ4n) is 3.50. The van der Waals surface area contributed by atoms with Crippen molar-refractivity contribution >= 4 is 22.3 Å². The van der Waals surface area contributed by atoms with Gasteiger partial charge in [0, 0.05) is 17.5 Å². The highest BCUT2D eigenvalue weighted by atomic mass is 19.4. The van der Waals surface area contributed by atoms with E-state index in [1.807, 2.05) is 23.1 Å². The van der Waals surface area contributed by atoms with E-state index in [0.717, 1.165) is 5.69 Å². The Morgan fingerprint density at radius 3 is 2.56 bits per heavy atom. The number of rotatable bonds is 3. The summed E-state index contributed by atoms with van der Waals surface area (Å²) in [7, 11) is 1.54. The summed E-state index contributed by atoms with van der Waals surface area (Å²) in [4.78, 5) is 17.0. The maximum atomic E-state index is 12.7. The second kappa shape index (κ2) is 6.22. The van der Waals surface area contributed by atoms with Crippen molar-refractivity contribution < 1.29 is 22.6 Å². The lowest BCUT2D eigenvalue weighted by atomic mass is 10.1. The van der Waals surface area contributed by atoms with Crippen LogP contribution in [0, 0.1) is 0 Å². The Kier molecular flexibility index (Phi) is 3.98. The minimum Gasteiger partial charge on any atom is -0.495 e. The molecule has 2 heterocycles. The molecule has 1 aliphatic rings. The lowest BCUT2D eigenvalue weighted by molar-refractivity contribution is -0.274. The number of aromatic amines is 1. The Morgan fingerprint density at radius 1 is 1.07 bits per heavy atom. The summed E-state index contributed by atoms with van der Waals surface area (Å²) in [5.41, 5.74) is 1.43. The fourth-order valence-corrected chi connectivity index (χ4v) is 3.50. The van der Waals surface area contributed by atoms with Crippen LogP contribution in [0.25, 0.3) is 10.9 Å². The Balaban J connectivity index is 1.96. The molecule has 2 aromatic carbocycles. The van der Waals surface area contributed by atoms with Crippen LogP contribution in [0.4, 0.5) is 24.5 Å². The van der Waals surface area contributed by atoms with E-state index in [1.165, 1.54) is 12.1 Å². The van der Waals surface area contributed by atoms with Crippen molar-refractivity contribution in [3.63, 3.8) is 0 Å². The smallest absolute Gasteiger partial charge is 0.495 e. The number of hydrogen-bond acceptors (Lipinski definition) is 4. The maximum absolute atomic E-state index is 12.7. The monoisotopic (exact) mass is 376 g/mol. The lowest BCUT2D eigenvalue weighted by Gasteiger charge is -2.23. The number of alkyl halides is 3. The number of aromatic nitrogens is 1. The molecule has 1 aliphatic heterocycles. The van der Waals surface area contributed by atoms with Crippen LogP contribution in [0.2, 0.25) is 0 Å². The van der Waals surface area contributed by atoms with Crippen LogP contribution in [0.5, 0.6) is 11.5 Å². The lowest BCUT2D eigenvalue weighted by Crippen LogP contribution is -2.19. The third kappa shape index (κ3) is 2.97. The number of H-pyrrole nitrogens is 1. The van der Waals surface area contributed by atoms with Crippen LogP contribution < -0.4 is 19.9 Å². The van der Waals surface area contributed by atoms with Crippen molar-refractivity contribution in [2.45, 2.75) is 12.8 Å². The summed E-state index contributed by atoms with van der Waals surface area (Å²) in [6, 6.07) is 11.6. The molecule has 0 fully saturated rings. The number of nitrogens with zero attached hydrogens (tertiary/aromatic N) is 1. The average molecular weight is 376 g/mol. The van der Waals surface area contributed by atoms with Gasteiger partial charge in [-0.3, -0.25) is 4.79 Å². The van der Waals surface area contributed by atoms with Crippen molar-refractivity contribution in [1.29, 1.82) is 0 Å². The molecule has 4 rings (SSSR count). The molecule has 3 aromatic rings. The van der Waals surface area contributed by atoms with Gasteiger partial charge < -0.3 is 19.4 Å². The number of halogens is 3. The van der Waals surface area contributed by atoms with Crippen LogP contribution in [0.1, 0.15) is 5.56 Å². The zero-order valence-electron chi connectivity index (χ0n) is 14.3. The first-order valence-corrected chi connectivity index (χ1v) is 8.23. The predicted octanol–water partition coefficient (Wildman–Crippen LogP) is 4.13. The SMILES string of the molecule is COc1ccccc1N1CCc2c1c1cccc(OC(F)(F)F)c1[nH]c2=O. The van der Waals surface area contributed by atoms with Crippen molar-refractivity contribution in [3.05, 3.63) is 58.4 Å². The molecular formula is C19H15F3N2O3. The number of pyridine rings is 1. The molecule has 5 nitrogen and oxygen atoms in total. The molecule has 140 valence electrons. The van der Waals surface area contributed by atoms with Gasteiger partial charge in [-0.25, -0.2) is 0 Å². The van der Waals surface area contributed by atoms with Gasteiger partial charge in [-0.15, -0.1) is 13.2 Å². The fraction of sp³-hybridized carbons (Fsp3) is 0.211. The van der Waals surface area contributed by atoms with Gasteiger partial charge >= 0.3 is 6.36 Å².